The Balaban J connectivity index is 1.77. The number of rotatable bonds is 7. The van der Waals surface area contributed by atoms with Gasteiger partial charge in [0, 0.05) is 6.42 Å². The topological polar surface area (TPSA) is 72.5 Å². The van der Waals surface area contributed by atoms with Gasteiger partial charge in [0.15, 0.2) is 9.84 Å². The second-order valence-corrected chi connectivity index (χ2v) is 8.37. The lowest BCUT2D eigenvalue weighted by Gasteiger charge is -2.19. The first-order valence-electron chi connectivity index (χ1n) is 8.86. The molecule has 28 heavy (non-hydrogen) atoms. The molecule has 0 aliphatic carbocycles. The Kier molecular flexibility index (Phi) is 6.45. The molecule has 3 aromatic carbocycles. The number of carbonyl (C=O) groups excluding carboxylic acids is 1. The molecule has 3 aromatic rings. The third-order valence-corrected chi connectivity index (χ3v) is 6.16. The van der Waals surface area contributed by atoms with Crippen LogP contribution in [0.2, 0.25) is 0 Å². The number of benzene rings is 3. The lowest BCUT2D eigenvalue weighted by Crippen LogP contribution is -2.42. The number of hydrogen-bond acceptors (Lipinski definition) is 4. The fourth-order valence-corrected chi connectivity index (χ4v) is 4.27. The van der Waals surface area contributed by atoms with Gasteiger partial charge in [0.1, 0.15) is 12.0 Å². The molecule has 0 spiro atoms. The van der Waals surface area contributed by atoms with Gasteiger partial charge in [0.05, 0.1) is 4.90 Å². The predicted octanol–water partition coefficient (Wildman–Crippen LogP) is 3.96. The maximum atomic E-state index is 13.1. The minimum atomic E-state index is -3.79. The number of amides is 1. The largest absolute Gasteiger partial charge is 0.445 e. The molecule has 0 saturated carbocycles. The molecule has 0 radical (unpaired) electrons. The van der Waals surface area contributed by atoms with Crippen LogP contribution >= 0.6 is 0 Å². The molecule has 6 heteroatoms. The molecular weight excluding hydrogens is 374 g/mol. The Morgan fingerprint density at radius 2 is 1.29 bits per heavy atom. The average Bonchev–Trinajstić information content (AvgIpc) is 2.74. The smallest absolute Gasteiger partial charge is 0.408 e. The van der Waals surface area contributed by atoms with Crippen molar-refractivity contribution < 1.29 is 17.9 Å². The highest BCUT2D eigenvalue weighted by Crippen LogP contribution is 2.18. The van der Waals surface area contributed by atoms with E-state index in [0.717, 1.165) is 11.1 Å². The van der Waals surface area contributed by atoms with Crippen molar-refractivity contribution in [2.45, 2.75) is 23.3 Å². The second kappa shape index (κ2) is 9.19. The van der Waals surface area contributed by atoms with E-state index in [-0.39, 0.29) is 17.9 Å². The Morgan fingerprint density at radius 3 is 1.86 bits per heavy atom. The molecule has 1 atom stereocenters. The minimum Gasteiger partial charge on any atom is -0.445 e. The molecular formula is C22H21NO4S. The summed E-state index contributed by atoms with van der Waals surface area (Å²) in [5.74, 6) is 0. The van der Waals surface area contributed by atoms with Crippen LogP contribution in [-0.4, -0.2) is 19.9 Å². The Labute approximate surface area is 164 Å². The zero-order valence-corrected chi connectivity index (χ0v) is 16.0. The average molecular weight is 395 g/mol. The molecule has 0 bridgehead atoms. The fraction of sp³-hybridized carbons (Fsp3) is 0.136. The molecule has 0 aliphatic heterocycles. The van der Waals surface area contributed by atoms with E-state index < -0.39 is 21.3 Å². The van der Waals surface area contributed by atoms with Gasteiger partial charge in [-0.15, -0.1) is 0 Å². The van der Waals surface area contributed by atoms with Gasteiger partial charge >= 0.3 is 6.09 Å². The molecule has 0 fully saturated rings. The van der Waals surface area contributed by atoms with Gasteiger partial charge < -0.3 is 10.1 Å². The Hall–Kier alpha value is -3.12. The first-order valence-corrected chi connectivity index (χ1v) is 10.4. The van der Waals surface area contributed by atoms with E-state index >= 15 is 0 Å². The Bertz CT molecular complexity index is 990. The van der Waals surface area contributed by atoms with E-state index in [1.165, 1.54) is 12.1 Å². The second-order valence-electron chi connectivity index (χ2n) is 6.24. The number of sulfone groups is 1. The van der Waals surface area contributed by atoms with Gasteiger partial charge in [-0.25, -0.2) is 13.2 Å². The fourth-order valence-electron chi connectivity index (χ4n) is 2.74. The third-order valence-electron chi connectivity index (χ3n) is 4.20. The van der Waals surface area contributed by atoms with E-state index in [4.69, 9.17) is 4.74 Å². The maximum absolute atomic E-state index is 13.1. The number of alkyl carbamates (subject to hydrolysis) is 1. The van der Waals surface area contributed by atoms with Gasteiger partial charge in [-0.2, -0.15) is 0 Å². The standard InChI is InChI=1S/C22H21NO4S/c24-22(27-17-19-12-6-2-7-13-19)23-21(16-18-10-4-1-5-11-18)28(25,26)20-14-8-3-9-15-20/h1-15,21H,16-17H2,(H,23,24). The van der Waals surface area contributed by atoms with Crippen LogP contribution in [0.5, 0.6) is 0 Å². The number of hydrogen-bond donors (Lipinski definition) is 1. The molecule has 144 valence electrons. The number of carbonyl (C=O) groups is 1. The summed E-state index contributed by atoms with van der Waals surface area (Å²) in [5, 5.41) is 1.39. The summed E-state index contributed by atoms with van der Waals surface area (Å²) in [6.07, 6.45) is -0.636. The van der Waals surface area contributed by atoms with Crippen molar-refractivity contribution in [1.82, 2.24) is 5.32 Å². The van der Waals surface area contributed by atoms with Crippen molar-refractivity contribution in [3.63, 3.8) is 0 Å². The highest BCUT2D eigenvalue weighted by atomic mass is 32.2. The summed E-state index contributed by atoms with van der Waals surface area (Å²) in [6.45, 7) is 0.0656. The molecule has 5 nitrogen and oxygen atoms in total. The van der Waals surface area contributed by atoms with Crippen molar-refractivity contribution in [3.8, 4) is 0 Å². The molecule has 0 saturated heterocycles. The van der Waals surface area contributed by atoms with Crippen molar-refractivity contribution in [2.24, 2.45) is 0 Å². The molecule has 1 amide bonds. The van der Waals surface area contributed by atoms with Crippen LogP contribution in [0.25, 0.3) is 0 Å². The van der Waals surface area contributed by atoms with Crippen molar-refractivity contribution in [2.75, 3.05) is 0 Å². The van der Waals surface area contributed by atoms with Crippen LogP contribution in [0.1, 0.15) is 11.1 Å². The van der Waals surface area contributed by atoms with Crippen LogP contribution < -0.4 is 5.32 Å². The van der Waals surface area contributed by atoms with E-state index in [9.17, 15) is 13.2 Å². The lowest BCUT2D eigenvalue weighted by atomic mass is 10.1. The Morgan fingerprint density at radius 1 is 0.786 bits per heavy atom. The molecule has 0 heterocycles. The molecule has 3 rings (SSSR count). The summed E-state index contributed by atoms with van der Waals surface area (Å²) in [5.41, 5.74) is 1.62. The van der Waals surface area contributed by atoms with Crippen LogP contribution in [0.3, 0.4) is 0 Å². The third kappa shape index (κ3) is 5.20. The molecule has 1 N–H and O–H groups in total. The minimum absolute atomic E-state index is 0.0656. The first-order chi connectivity index (χ1) is 13.6. The van der Waals surface area contributed by atoms with Crippen LogP contribution in [-0.2, 0) is 27.6 Å². The van der Waals surface area contributed by atoms with E-state index in [2.05, 4.69) is 5.32 Å². The van der Waals surface area contributed by atoms with Gasteiger partial charge in [0.25, 0.3) is 0 Å². The summed E-state index contributed by atoms with van der Waals surface area (Å²) in [7, 11) is -3.79. The quantitative estimate of drug-likeness (QED) is 0.657. The van der Waals surface area contributed by atoms with Crippen molar-refractivity contribution in [3.05, 3.63) is 102 Å². The van der Waals surface area contributed by atoms with Gasteiger partial charge in [0.2, 0.25) is 0 Å². The van der Waals surface area contributed by atoms with Crippen LogP contribution in [0.15, 0.2) is 95.9 Å². The van der Waals surface area contributed by atoms with Gasteiger partial charge in [-0.1, -0.05) is 78.9 Å². The molecule has 1 unspecified atom stereocenters. The van der Waals surface area contributed by atoms with Crippen LogP contribution in [0, 0.1) is 0 Å². The number of ether oxygens (including phenoxy) is 1. The summed E-state index contributed by atoms with van der Waals surface area (Å²) >= 11 is 0. The summed E-state index contributed by atoms with van der Waals surface area (Å²) in [4.78, 5) is 12.4. The highest BCUT2D eigenvalue weighted by Gasteiger charge is 2.29. The number of nitrogens with one attached hydrogen (secondary N) is 1. The van der Waals surface area contributed by atoms with Gasteiger partial charge in [-0.05, 0) is 23.3 Å². The maximum Gasteiger partial charge on any atom is 0.408 e. The summed E-state index contributed by atoms with van der Waals surface area (Å²) in [6, 6.07) is 26.5. The predicted molar refractivity (Wildman–Crippen MR) is 107 cm³/mol. The van der Waals surface area contributed by atoms with Crippen molar-refractivity contribution >= 4 is 15.9 Å². The van der Waals surface area contributed by atoms with Crippen LogP contribution in [0.4, 0.5) is 4.79 Å². The SMILES string of the molecule is O=C(NC(Cc1ccccc1)S(=O)(=O)c1ccccc1)OCc1ccccc1. The normalized spacial score (nSPS) is 12.1. The van der Waals surface area contributed by atoms with E-state index in [1.54, 1.807) is 18.2 Å². The molecule has 0 aromatic heterocycles. The lowest BCUT2D eigenvalue weighted by molar-refractivity contribution is 0.138. The van der Waals surface area contributed by atoms with E-state index in [1.807, 2.05) is 60.7 Å². The summed E-state index contributed by atoms with van der Waals surface area (Å²) < 4.78 is 31.4. The zero-order valence-electron chi connectivity index (χ0n) is 15.2. The highest BCUT2D eigenvalue weighted by molar-refractivity contribution is 7.92. The monoisotopic (exact) mass is 395 g/mol. The molecule has 0 aliphatic rings. The zero-order chi connectivity index (χ0) is 19.8. The first kappa shape index (κ1) is 19.6. The van der Waals surface area contributed by atoms with Gasteiger partial charge in [-0.3, -0.25) is 0 Å². The van der Waals surface area contributed by atoms with E-state index in [0.29, 0.717) is 0 Å². The van der Waals surface area contributed by atoms with Crippen molar-refractivity contribution in [1.29, 1.82) is 0 Å².